The van der Waals surface area contributed by atoms with Crippen LogP contribution in [0.5, 0.6) is 5.75 Å². The van der Waals surface area contributed by atoms with Gasteiger partial charge >= 0.3 is 0 Å². The van der Waals surface area contributed by atoms with Gasteiger partial charge in [-0.2, -0.15) is 0 Å². The molecule has 4 aliphatic heterocycles. The highest BCUT2D eigenvalue weighted by Crippen LogP contribution is 2.32. The topological polar surface area (TPSA) is 308 Å². The summed E-state index contributed by atoms with van der Waals surface area (Å²) in [5.41, 5.74) is 4.06. The zero-order valence-electron chi connectivity index (χ0n) is 56.5. The van der Waals surface area contributed by atoms with Crippen molar-refractivity contribution < 1.29 is 66.9 Å². The van der Waals surface area contributed by atoms with Crippen molar-refractivity contribution in [3.05, 3.63) is 136 Å². The summed E-state index contributed by atoms with van der Waals surface area (Å²) in [4.78, 5) is 144. The largest absolute Gasteiger partial charge is 0.497 e. The van der Waals surface area contributed by atoms with Crippen LogP contribution in [0.3, 0.4) is 0 Å². The van der Waals surface area contributed by atoms with Gasteiger partial charge in [0.1, 0.15) is 53.9 Å². The molecule has 4 aromatic carbocycles. The number of hydrogen-bond acceptors (Lipinski definition) is 13. The molecule has 1 aromatic heterocycles. The summed E-state index contributed by atoms with van der Waals surface area (Å²) < 4.78 is 28.8. The lowest BCUT2D eigenvalue weighted by molar-refractivity contribution is -0.145. The molecule has 8 N–H and O–H groups in total. The van der Waals surface area contributed by atoms with Gasteiger partial charge in [-0.25, -0.2) is 4.39 Å². The molecule has 8 bridgehead atoms. The lowest BCUT2D eigenvalue weighted by atomic mass is 9.95. The number of aromatic nitrogens is 1. The van der Waals surface area contributed by atoms with Gasteiger partial charge in [0.2, 0.25) is 59.6 Å². The van der Waals surface area contributed by atoms with Gasteiger partial charge in [0.25, 0.3) is 0 Å². The molecule has 9 rings (SSSR count). The van der Waals surface area contributed by atoms with Crippen LogP contribution in [-0.4, -0.2) is 178 Å². The van der Waals surface area contributed by atoms with Crippen LogP contribution >= 0.6 is 0 Å². The van der Waals surface area contributed by atoms with E-state index in [1.54, 1.807) is 61.4 Å². The molecular weight excluding hydrogens is 1260 g/mol. The number of nitrogens with zero attached hydrogens (tertiary/aromatic N) is 4. The smallest absolute Gasteiger partial charge is 0.246 e. The number of aliphatic hydroxyl groups is 1. The molecule has 526 valence electrons. The van der Waals surface area contributed by atoms with E-state index in [1.807, 2.05) is 52.1 Å². The Labute approximate surface area is 571 Å². The van der Waals surface area contributed by atoms with E-state index in [9.17, 15) is 43.5 Å². The first-order chi connectivity index (χ1) is 47.2. The number of hydrogen-bond donors (Lipinski definition) is 8. The first kappa shape index (κ1) is 73.0. The molecule has 0 aliphatic carbocycles. The van der Waals surface area contributed by atoms with Crippen molar-refractivity contribution in [3.63, 3.8) is 0 Å². The van der Waals surface area contributed by atoms with E-state index in [0.717, 1.165) is 29.5 Å². The highest BCUT2D eigenvalue weighted by molar-refractivity contribution is 5.97. The zero-order valence-corrected chi connectivity index (χ0v) is 56.5. The molecule has 0 spiro atoms. The van der Waals surface area contributed by atoms with Gasteiger partial charge in [0.15, 0.2) is 0 Å². The molecule has 4 aliphatic rings. The standard InChI is InChI=1S/C73H94FN11O13/c1-47(87)41-77-69(93)66-62-29-35-84(66)70(94)60-39-54-44-82(61-27-24-55(74)40-57(54)61)32-10-5-6-11-33-83(65(90)17-9-7-8-16-63(88)79-48(2)67(91)80-58(68(92)81-60)38-52-14-12-15-53(36-52)42-76-64(89)45-98-62)43-51-20-18-49(19-21-51)28-31-75-72(96)73(3)30-13-34-85(73)71(95)59(78-46-86)37-50-22-25-56(97-4)26-23-50/h12,14-15,18-27,36,40,44,46-48,58-60,62,66,87H,5-11,13,16-17,28-35,37-39,41-43,45H2,1-4H3,(H,75,96)(H,76,89)(H,77,93)(H,78,86)(H,79,88)(H,80,91)(H,81,92)/t47-,48-,58+,59+,60+,62?,66+,73+/m1/s1. The fraction of sp³-hybridized carbons (Fsp3) is 0.507. The van der Waals surface area contributed by atoms with E-state index < -0.39 is 95.8 Å². The Kier molecular flexibility index (Phi) is 25.9. The number of amides is 10. The molecule has 5 aromatic rings. The molecule has 5 heterocycles. The van der Waals surface area contributed by atoms with Crippen molar-refractivity contribution in [2.75, 3.05) is 46.4 Å². The number of likely N-dealkylation sites (tertiary alicyclic amines) is 1. The van der Waals surface area contributed by atoms with E-state index in [1.165, 1.54) is 30.9 Å². The summed E-state index contributed by atoms with van der Waals surface area (Å²) in [7, 11) is 1.57. The fourth-order valence-corrected chi connectivity index (χ4v) is 13.6. The molecule has 25 heteroatoms. The number of benzene rings is 4. The second-order valence-electron chi connectivity index (χ2n) is 26.5. The van der Waals surface area contributed by atoms with E-state index in [-0.39, 0.29) is 75.9 Å². The third kappa shape index (κ3) is 19.5. The minimum atomic E-state index is -1.41. The lowest BCUT2D eigenvalue weighted by Gasteiger charge is -2.36. The molecule has 2 fully saturated rings. The first-order valence-corrected chi connectivity index (χ1v) is 34.4. The summed E-state index contributed by atoms with van der Waals surface area (Å²) in [6.45, 7) is 6.25. The van der Waals surface area contributed by atoms with Crippen molar-refractivity contribution >= 4 is 70.5 Å². The second kappa shape index (κ2) is 34.8. The number of aryl methyl sites for hydroxylation is 1. The van der Waals surface area contributed by atoms with Crippen LogP contribution in [-0.2, 0) is 98.0 Å². The van der Waals surface area contributed by atoms with E-state index in [2.05, 4.69) is 37.2 Å². The molecule has 8 atom stereocenters. The number of fused-ring (bicyclic) bond motifs is 12. The van der Waals surface area contributed by atoms with Gasteiger partial charge in [0.05, 0.1) is 19.3 Å². The second-order valence-corrected chi connectivity index (χ2v) is 26.5. The number of halogens is 1. The minimum Gasteiger partial charge on any atom is -0.497 e. The molecule has 24 nitrogen and oxygen atoms in total. The maximum Gasteiger partial charge on any atom is 0.246 e. The van der Waals surface area contributed by atoms with Gasteiger partial charge < -0.3 is 71.1 Å². The number of aliphatic hydroxyl groups excluding tert-OH is 1. The van der Waals surface area contributed by atoms with Gasteiger partial charge in [-0.05, 0) is 136 Å². The number of nitrogens with one attached hydrogen (secondary N) is 7. The predicted molar refractivity (Wildman–Crippen MR) is 363 cm³/mol. The maximum atomic E-state index is 15.4. The Balaban J connectivity index is 0.899. The number of carbonyl (C=O) groups excluding carboxylic acids is 10. The molecule has 10 amide bonds. The number of ether oxygens (including phenoxy) is 2. The highest BCUT2D eigenvalue weighted by atomic mass is 19.1. The predicted octanol–water partition coefficient (Wildman–Crippen LogP) is 4.11. The molecule has 0 saturated carbocycles. The first-order valence-electron chi connectivity index (χ1n) is 34.4. The molecule has 1 unspecified atom stereocenters. The van der Waals surface area contributed by atoms with E-state index in [4.69, 9.17) is 9.47 Å². The normalized spacial score (nSPS) is 23.0. The number of methoxy groups -OCH3 is 1. The highest BCUT2D eigenvalue weighted by Gasteiger charge is 2.48. The summed E-state index contributed by atoms with van der Waals surface area (Å²) in [5, 5.41) is 30.4. The van der Waals surface area contributed by atoms with Gasteiger partial charge in [0, 0.05) is 102 Å². The van der Waals surface area contributed by atoms with Crippen LogP contribution < -0.4 is 42.0 Å². The Morgan fingerprint density at radius 3 is 2.24 bits per heavy atom. The number of rotatable bonds is 15. The minimum absolute atomic E-state index is 0.0156. The number of carbonyl (C=O) groups is 10. The van der Waals surface area contributed by atoms with E-state index in [0.29, 0.717) is 124 Å². The Morgan fingerprint density at radius 1 is 0.776 bits per heavy atom. The summed E-state index contributed by atoms with van der Waals surface area (Å²) in [5.74, 6) is -4.17. The van der Waals surface area contributed by atoms with Crippen LogP contribution in [0, 0.1) is 5.82 Å². The maximum absolute atomic E-state index is 15.4. The van der Waals surface area contributed by atoms with E-state index >= 15 is 14.0 Å². The molecular formula is C73H94FN11O13. The van der Waals surface area contributed by atoms with Crippen molar-refractivity contribution in [2.45, 2.75) is 191 Å². The Hall–Kier alpha value is -9.23. The van der Waals surface area contributed by atoms with Crippen molar-refractivity contribution in [1.82, 2.24) is 56.5 Å². The zero-order chi connectivity index (χ0) is 69.9. The average molecular weight is 1350 g/mol. The molecule has 98 heavy (non-hydrogen) atoms. The van der Waals surface area contributed by atoms with Gasteiger partial charge in [-0.15, -0.1) is 0 Å². The van der Waals surface area contributed by atoms with Gasteiger partial charge in [-0.1, -0.05) is 79.9 Å². The summed E-state index contributed by atoms with van der Waals surface area (Å²) >= 11 is 0. The van der Waals surface area contributed by atoms with Gasteiger partial charge in [-0.3, -0.25) is 47.9 Å². The summed E-state index contributed by atoms with van der Waals surface area (Å²) in [6, 6.07) is 20.6. The van der Waals surface area contributed by atoms with Crippen LogP contribution in [0.2, 0.25) is 0 Å². The quantitative estimate of drug-likeness (QED) is 0.0686. The average Bonchev–Trinajstić information content (AvgIpc) is 1.61. The Morgan fingerprint density at radius 2 is 1.49 bits per heavy atom. The van der Waals surface area contributed by atoms with Crippen LogP contribution in [0.15, 0.2) is 97.2 Å². The van der Waals surface area contributed by atoms with Crippen molar-refractivity contribution in [1.29, 1.82) is 0 Å². The monoisotopic (exact) mass is 1350 g/mol. The molecule has 0 radical (unpaired) electrons. The fourth-order valence-electron chi connectivity index (χ4n) is 13.6. The third-order valence-corrected chi connectivity index (χ3v) is 19.1. The van der Waals surface area contributed by atoms with Crippen LogP contribution in [0.4, 0.5) is 4.39 Å². The van der Waals surface area contributed by atoms with Crippen molar-refractivity contribution in [2.24, 2.45) is 0 Å². The molecule has 2 saturated heterocycles. The van der Waals surface area contributed by atoms with Crippen LogP contribution in [0.25, 0.3) is 10.9 Å². The Bertz CT molecular complexity index is 3640. The SMILES string of the molecule is COc1ccc(C[C@H](NC=O)C(=O)N2CCC[C@@]2(C)C(=O)NCCc2ccc(CN3CCCCCCn4cc(c5cc(F)ccc54)C[C@@H]4NC(=O)[C@H](Cc5cccc(c5)CNC(=O)COC5CCN(C4=O)[C@@H]5C(=O)NC[C@@H](C)O)NC(=O)[C@@H](C)NC(=O)CCCCCC3=O)cc2)cc1. The van der Waals surface area contributed by atoms with Crippen molar-refractivity contribution in [3.8, 4) is 5.75 Å². The summed E-state index contributed by atoms with van der Waals surface area (Å²) in [6.07, 6.45) is 6.91. The third-order valence-electron chi connectivity index (χ3n) is 19.1. The van der Waals surface area contributed by atoms with Crippen LogP contribution in [0.1, 0.15) is 131 Å². The lowest BCUT2D eigenvalue weighted by Crippen LogP contribution is -2.60.